The van der Waals surface area contributed by atoms with E-state index in [1.165, 1.54) is 0 Å². The van der Waals surface area contributed by atoms with Crippen LogP contribution in [-0.4, -0.2) is 57.5 Å². The molecule has 0 saturated heterocycles. The van der Waals surface area contributed by atoms with Gasteiger partial charge in [0.25, 0.3) is 0 Å². The topological polar surface area (TPSA) is 100 Å². The highest BCUT2D eigenvalue weighted by Gasteiger charge is 2.24. The number of aromatic nitrogens is 4. The third kappa shape index (κ3) is 3.68. The van der Waals surface area contributed by atoms with Gasteiger partial charge in [0, 0.05) is 43.1 Å². The molecule has 152 valence electrons. The van der Waals surface area contributed by atoms with Crippen LogP contribution in [0.15, 0.2) is 24.3 Å². The summed E-state index contributed by atoms with van der Waals surface area (Å²) in [4.78, 5) is 11.0. The number of aryl methyl sites for hydroxylation is 1. The number of nitrogens with one attached hydrogen (secondary N) is 2. The second kappa shape index (κ2) is 7.59. The second-order valence-electron chi connectivity index (χ2n) is 7.13. The Kier molecular flexibility index (Phi) is 4.98. The van der Waals surface area contributed by atoms with Crippen LogP contribution < -0.4 is 15.4 Å². The van der Waals surface area contributed by atoms with Crippen molar-refractivity contribution in [3.8, 4) is 17.3 Å². The molecule has 3 heterocycles. The van der Waals surface area contributed by atoms with Crippen LogP contribution in [0.4, 0.5) is 17.5 Å². The molecule has 4 rings (SSSR count). The fourth-order valence-corrected chi connectivity index (χ4v) is 3.49. The summed E-state index contributed by atoms with van der Waals surface area (Å²) in [5.74, 6) is 1.99. The maximum atomic E-state index is 10.8. The predicted octanol–water partition coefficient (Wildman–Crippen LogP) is 2.46. The third-order valence-electron chi connectivity index (χ3n) is 4.98. The van der Waals surface area contributed by atoms with Crippen molar-refractivity contribution in [2.45, 2.75) is 19.9 Å². The first-order chi connectivity index (χ1) is 14.0. The van der Waals surface area contributed by atoms with E-state index in [4.69, 9.17) is 4.74 Å². The minimum Gasteiger partial charge on any atom is -0.494 e. The van der Waals surface area contributed by atoms with Crippen molar-refractivity contribution in [3.05, 3.63) is 41.2 Å². The fraction of sp³-hybridized carbons (Fsp3) is 0.350. The zero-order valence-electron chi connectivity index (χ0n) is 17.0. The number of hydrogen-bond acceptors (Lipinski definition) is 8. The van der Waals surface area contributed by atoms with Gasteiger partial charge in [0.05, 0.1) is 12.8 Å². The number of ether oxygens (including phenoxy) is 1. The van der Waals surface area contributed by atoms with E-state index in [1.807, 2.05) is 45.3 Å². The van der Waals surface area contributed by atoms with Gasteiger partial charge in [0.2, 0.25) is 11.8 Å². The number of hydrogen-bond donors (Lipinski definition) is 3. The summed E-state index contributed by atoms with van der Waals surface area (Å²) >= 11 is 0. The zero-order chi connectivity index (χ0) is 20.5. The molecule has 0 fully saturated rings. The van der Waals surface area contributed by atoms with E-state index in [0.717, 1.165) is 41.4 Å². The van der Waals surface area contributed by atoms with E-state index in [9.17, 15) is 5.11 Å². The number of fused-ring (bicyclic) bond motifs is 1. The van der Waals surface area contributed by atoms with Gasteiger partial charge in [-0.15, -0.1) is 0 Å². The smallest absolute Gasteiger partial charge is 0.229 e. The fourth-order valence-electron chi connectivity index (χ4n) is 3.49. The number of benzene rings is 1. The molecule has 0 bridgehead atoms. The Hall–Kier alpha value is -3.33. The van der Waals surface area contributed by atoms with Gasteiger partial charge in [-0.25, -0.2) is 4.98 Å². The van der Waals surface area contributed by atoms with Gasteiger partial charge >= 0.3 is 0 Å². The van der Waals surface area contributed by atoms with Crippen molar-refractivity contribution < 1.29 is 9.84 Å². The lowest BCUT2D eigenvalue weighted by molar-refractivity contribution is 0.306. The van der Waals surface area contributed by atoms with Crippen molar-refractivity contribution in [2.75, 3.05) is 38.4 Å². The van der Waals surface area contributed by atoms with Crippen molar-refractivity contribution in [1.82, 2.24) is 24.6 Å². The summed E-state index contributed by atoms with van der Waals surface area (Å²) in [5, 5.41) is 21.7. The van der Waals surface area contributed by atoms with Crippen LogP contribution in [0.5, 0.6) is 11.6 Å². The number of aromatic hydroxyl groups is 1. The van der Waals surface area contributed by atoms with Crippen molar-refractivity contribution in [3.63, 3.8) is 0 Å². The highest BCUT2D eigenvalue weighted by molar-refractivity contribution is 5.63. The molecule has 3 aromatic rings. The highest BCUT2D eigenvalue weighted by atomic mass is 16.5. The molecular weight excluding hydrogens is 370 g/mol. The molecule has 0 amide bonds. The number of rotatable bonds is 5. The molecular formula is C20H25N7O2. The molecule has 1 aliphatic rings. The molecule has 0 radical (unpaired) electrons. The minimum atomic E-state index is 0.160. The maximum Gasteiger partial charge on any atom is 0.229 e. The molecule has 0 unspecified atom stereocenters. The van der Waals surface area contributed by atoms with E-state index >= 15 is 0 Å². The largest absolute Gasteiger partial charge is 0.494 e. The van der Waals surface area contributed by atoms with Gasteiger partial charge in [-0.05, 0) is 38.6 Å². The lowest BCUT2D eigenvalue weighted by atomic mass is 10.1. The molecule has 0 aliphatic carbocycles. The van der Waals surface area contributed by atoms with Crippen molar-refractivity contribution >= 4 is 17.5 Å². The summed E-state index contributed by atoms with van der Waals surface area (Å²) in [6.07, 6.45) is 0.766. The van der Waals surface area contributed by atoms with E-state index in [1.54, 1.807) is 11.8 Å². The van der Waals surface area contributed by atoms with Crippen LogP contribution >= 0.6 is 0 Å². The summed E-state index contributed by atoms with van der Waals surface area (Å²) < 4.78 is 7.06. The standard InChI is InChI=1S/C20H25N7O2/c1-12-9-18(21-2)24-20(22-12)23-13-5-6-17(29-4)16(10-13)27-19(28)14-7-8-26(3)11-15(14)25-27/h5-6,9-10,28H,7-8,11H2,1-4H3,(H2,21,22,23,24). The molecule has 0 atom stereocenters. The van der Waals surface area contributed by atoms with Crippen LogP contribution in [0.1, 0.15) is 17.0 Å². The zero-order valence-corrected chi connectivity index (χ0v) is 17.0. The van der Waals surface area contributed by atoms with Crippen LogP contribution in [0.2, 0.25) is 0 Å². The summed E-state index contributed by atoms with van der Waals surface area (Å²) in [6, 6.07) is 7.44. The monoisotopic (exact) mass is 395 g/mol. The maximum absolute atomic E-state index is 10.8. The molecule has 2 aromatic heterocycles. The van der Waals surface area contributed by atoms with Gasteiger partial charge in [-0.2, -0.15) is 14.8 Å². The first kappa shape index (κ1) is 19.0. The number of likely N-dealkylation sites (N-methyl/N-ethyl adjacent to an activating group) is 1. The minimum absolute atomic E-state index is 0.160. The first-order valence-electron chi connectivity index (χ1n) is 9.45. The van der Waals surface area contributed by atoms with Gasteiger partial charge in [0.1, 0.15) is 17.3 Å². The summed E-state index contributed by atoms with van der Waals surface area (Å²) in [7, 11) is 5.46. The van der Waals surface area contributed by atoms with Crippen LogP contribution in [-0.2, 0) is 13.0 Å². The van der Waals surface area contributed by atoms with E-state index in [0.29, 0.717) is 23.9 Å². The normalized spacial score (nSPS) is 13.8. The van der Waals surface area contributed by atoms with Gasteiger partial charge in [0.15, 0.2) is 0 Å². The second-order valence-corrected chi connectivity index (χ2v) is 7.13. The van der Waals surface area contributed by atoms with Crippen LogP contribution in [0, 0.1) is 6.92 Å². The number of anilines is 3. The Labute approximate surface area is 169 Å². The van der Waals surface area contributed by atoms with E-state index in [2.05, 4.69) is 30.6 Å². The number of nitrogens with zero attached hydrogens (tertiary/aromatic N) is 5. The first-order valence-corrected chi connectivity index (χ1v) is 9.45. The molecule has 0 spiro atoms. The Balaban J connectivity index is 1.73. The van der Waals surface area contributed by atoms with Crippen molar-refractivity contribution in [2.24, 2.45) is 0 Å². The van der Waals surface area contributed by atoms with Gasteiger partial charge in [-0.3, -0.25) is 0 Å². The van der Waals surface area contributed by atoms with E-state index < -0.39 is 0 Å². The molecule has 1 aromatic carbocycles. The molecule has 0 saturated carbocycles. The average Bonchev–Trinajstić information content (AvgIpc) is 3.03. The highest BCUT2D eigenvalue weighted by Crippen LogP contribution is 2.34. The third-order valence-corrected chi connectivity index (χ3v) is 4.98. The summed E-state index contributed by atoms with van der Waals surface area (Å²) in [5.41, 5.74) is 4.04. The quantitative estimate of drug-likeness (QED) is 0.606. The van der Waals surface area contributed by atoms with Gasteiger partial charge < -0.3 is 25.4 Å². The van der Waals surface area contributed by atoms with E-state index in [-0.39, 0.29) is 5.88 Å². The predicted molar refractivity (Wildman–Crippen MR) is 111 cm³/mol. The molecule has 29 heavy (non-hydrogen) atoms. The Bertz CT molecular complexity index is 1050. The SMILES string of the molecule is CNc1cc(C)nc(Nc2ccc(OC)c(-n3nc4c(c3O)CCN(C)C4)c2)n1. The van der Waals surface area contributed by atoms with Crippen LogP contribution in [0.3, 0.4) is 0 Å². The Morgan fingerprint density at radius 1 is 1.21 bits per heavy atom. The Morgan fingerprint density at radius 2 is 2.03 bits per heavy atom. The van der Waals surface area contributed by atoms with Crippen molar-refractivity contribution in [1.29, 1.82) is 0 Å². The van der Waals surface area contributed by atoms with Crippen LogP contribution in [0.25, 0.3) is 5.69 Å². The lowest BCUT2D eigenvalue weighted by Crippen LogP contribution is -2.26. The molecule has 9 nitrogen and oxygen atoms in total. The van der Waals surface area contributed by atoms with Gasteiger partial charge in [-0.1, -0.05) is 0 Å². The average molecular weight is 395 g/mol. The Morgan fingerprint density at radius 3 is 2.79 bits per heavy atom. The number of methoxy groups -OCH3 is 1. The molecule has 3 N–H and O–H groups in total. The lowest BCUT2D eigenvalue weighted by Gasteiger charge is -2.20. The molecule has 9 heteroatoms. The molecule has 1 aliphatic heterocycles. The summed E-state index contributed by atoms with van der Waals surface area (Å²) in [6.45, 7) is 3.51.